The number of rotatable bonds is 3. The smallest absolute Gasteiger partial charge is 0.154 e. The predicted molar refractivity (Wildman–Crippen MR) is 106 cm³/mol. The van der Waals surface area contributed by atoms with Crippen LogP contribution in [0.1, 0.15) is 22.3 Å². The highest BCUT2D eigenvalue weighted by Crippen LogP contribution is 2.29. The van der Waals surface area contributed by atoms with Crippen LogP contribution in [0.15, 0.2) is 82.9 Å². The highest BCUT2D eigenvalue weighted by Gasteiger charge is 2.18. The molecule has 1 aliphatic rings. The first-order valence-electron chi connectivity index (χ1n) is 8.48. The number of nitrogens with one attached hydrogen (secondary N) is 1. The second kappa shape index (κ2) is 6.84. The van der Waals surface area contributed by atoms with Gasteiger partial charge in [-0.25, -0.2) is 4.99 Å². The largest absolute Gasteiger partial charge is 0.497 e. The van der Waals surface area contributed by atoms with Crippen LogP contribution in [0.4, 0.5) is 5.69 Å². The first kappa shape index (κ1) is 16.1. The number of aliphatic imine (C=N–C) groups is 1. The van der Waals surface area contributed by atoms with Crippen molar-refractivity contribution in [2.45, 2.75) is 6.92 Å². The highest BCUT2D eigenvalue weighted by atomic mass is 16.5. The zero-order valence-electron chi connectivity index (χ0n) is 14.7. The number of fused-ring (bicyclic) bond motifs is 1. The molecule has 0 saturated carbocycles. The fraction of sp³-hybridized carbons (Fsp3) is 0.0909. The number of amidine groups is 1. The number of ether oxygens (including phenoxy) is 1. The molecule has 4 rings (SSSR count). The second-order valence-electron chi connectivity index (χ2n) is 6.15. The van der Waals surface area contributed by atoms with Crippen LogP contribution in [0, 0.1) is 6.92 Å². The van der Waals surface area contributed by atoms with Gasteiger partial charge in [-0.05, 0) is 25.1 Å². The summed E-state index contributed by atoms with van der Waals surface area (Å²) in [5.41, 5.74) is 9.01. The first-order valence-corrected chi connectivity index (χ1v) is 8.48. The molecule has 0 aliphatic carbocycles. The quantitative estimate of drug-likeness (QED) is 0.765. The van der Waals surface area contributed by atoms with Gasteiger partial charge >= 0.3 is 0 Å². The molecule has 0 fully saturated rings. The van der Waals surface area contributed by atoms with Crippen LogP contribution in [0.2, 0.25) is 0 Å². The van der Waals surface area contributed by atoms with Crippen LogP contribution in [-0.2, 0) is 0 Å². The minimum atomic E-state index is 0.724. The summed E-state index contributed by atoms with van der Waals surface area (Å²) >= 11 is 0. The van der Waals surface area contributed by atoms with E-state index in [1.165, 1.54) is 5.56 Å². The van der Waals surface area contributed by atoms with Crippen molar-refractivity contribution in [3.63, 3.8) is 0 Å². The van der Waals surface area contributed by atoms with E-state index in [9.17, 15) is 0 Å². The molecule has 1 heterocycles. The minimum Gasteiger partial charge on any atom is -0.497 e. The zero-order valence-corrected chi connectivity index (χ0v) is 14.7. The molecule has 0 atom stereocenters. The molecule has 128 valence electrons. The Labute approximate surface area is 152 Å². The summed E-state index contributed by atoms with van der Waals surface area (Å²) in [6.45, 7) is 2.07. The first-order chi connectivity index (χ1) is 12.7. The average Bonchev–Trinajstić information content (AvgIpc) is 2.88. The lowest BCUT2D eigenvalue weighted by Gasteiger charge is -2.09. The molecule has 0 unspecified atom stereocenters. The fourth-order valence-electron chi connectivity index (χ4n) is 2.90. The van der Waals surface area contributed by atoms with E-state index in [0.29, 0.717) is 0 Å². The SMILES string of the molecule is COc1ccc2c(c1)C(c1ccccc1)=NNC(c1ccc(C)cc1)=N2. The number of nitrogens with zero attached hydrogens (tertiary/aromatic N) is 2. The van der Waals surface area contributed by atoms with Crippen LogP contribution in [0.5, 0.6) is 5.75 Å². The maximum Gasteiger partial charge on any atom is 0.154 e. The molecule has 1 N–H and O–H groups in total. The van der Waals surface area contributed by atoms with Gasteiger partial charge in [0.25, 0.3) is 0 Å². The van der Waals surface area contributed by atoms with Crippen molar-refractivity contribution in [1.29, 1.82) is 0 Å². The van der Waals surface area contributed by atoms with Gasteiger partial charge in [-0.3, -0.25) is 5.43 Å². The van der Waals surface area contributed by atoms with Gasteiger partial charge in [0.15, 0.2) is 5.84 Å². The number of hydrogen-bond acceptors (Lipinski definition) is 4. The topological polar surface area (TPSA) is 46.0 Å². The summed E-state index contributed by atoms with van der Waals surface area (Å²) in [4.78, 5) is 4.83. The Bertz CT molecular complexity index is 990. The van der Waals surface area contributed by atoms with E-state index < -0.39 is 0 Å². The van der Waals surface area contributed by atoms with Crippen molar-refractivity contribution in [2.24, 2.45) is 10.1 Å². The Kier molecular flexibility index (Phi) is 4.23. The predicted octanol–water partition coefficient (Wildman–Crippen LogP) is 4.44. The second-order valence-corrected chi connectivity index (χ2v) is 6.15. The monoisotopic (exact) mass is 341 g/mol. The molecule has 0 spiro atoms. The zero-order chi connectivity index (χ0) is 17.9. The fourth-order valence-corrected chi connectivity index (χ4v) is 2.90. The number of aryl methyl sites for hydroxylation is 1. The van der Waals surface area contributed by atoms with E-state index >= 15 is 0 Å². The molecule has 0 radical (unpaired) electrons. The van der Waals surface area contributed by atoms with Gasteiger partial charge in [0.2, 0.25) is 0 Å². The standard InChI is InChI=1S/C22H19N3O/c1-15-8-10-17(11-9-15)22-23-20-13-12-18(26-2)14-19(20)21(24-25-22)16-6-4-3-5-7-16/h3-14H,1-2H3,(H,23,25). The minimum absolute atomic E-state index is 0.724. The van der Waals surface area contributed by atoms with Crippen LogP contribution in [0.25, 0.3) is 0 Å². The summed E-state index contributed by atoms with van der Waals surface area (Å²) in [5.74, 6) is 1.50. The van der Waals surface area contributed by atoms with Crippen molar-refractivity contribution < 1.29 is 4.74 Å². The highest BCUT2D eigenvalue weighted by molar-refractivity contribution is 6.18. The Morgan fingerprint density at radius 2 is 1.62 bits per heavy atom. The normalized spacial score (nSPS) is 13.0. The van der Waals surface area contributed by atoms with Gasteiger partial charge in [0.05, 0.1) is 12.8 Å². The molecule has 1 aliphatic heterocycles. The lowest BCUT2D eigenvalue weighted by molar-refractivity contribution is 0.415. The number of methoxy groups -OCH3 is 1. The van der Waals surface area contributed by atoms with E-state index in [4.69, 9.17) is 9.73 Å². The lowest BCUT2D eigenvalue weighted by atomic mass is 10.0. The van der Waals surface area contributed by atoms with Crippen molar-refractivity contribution in [1.82, 2.24) is 5.43 Å². The van der Waals surface area contributed by atoms with E-state index in [0.717, 1.165) is 39.7 Å². The van der Waals surface area contributed by atoms with Crippen LogP contribution < -0.4 is 10.2 Å². The molecular formula is C22H19N3O. The molecule has 0 amide bonds. The number of hydrazone groups is 1. The van der Waals surface area contributed by atoms with Crippen molar-refractivity contribution in [3.05, 3.63) is 95.1 Å². The average molecular weight is 341 g/mol. The van der Waals surface area contributed by atoms with E-state index in [-0.39, 0.29) is 0 Å². The van der Waals surface area contributed by atoms with Gasteiger partial charge in [0, 0.05) is 16.7 Å². The molecule has 4 nitrogen and oxygen atoms in total. The van der Waals surface area contributed by atoms with E-state index in [2.05, 4.69) is 29.6 Å². The van der Waals surface area contributed by atoms with E-state index in [1.807, 2.05) is 60.7 Å². The maximum absolute atomic E-state index is 5.41. The van der Waals surface area contributed by atoms with Crippen LogP contribution in [0.3, 0.4) is 0 Å². The van der Waals surface area contributed by atoms with Crippen molar-refractivity contribution in [3.8, 4) is 5.75 Å². The molecule has 0 aromatic heterocycles. The third-order valence-corrected chi connectivity index (χ3v) is 4.34. The third-order valence-electron chi connectivity index (χ3n) is 4.34. The summed E-state index contributed by atoms with van der Waals surface area (Å²) in [6, 6.07) is 24.2. The Morgan fingerprint density at radius 1 is 0.846 bits per heavy atom. The molecule has 0 bridgehead atoms. The Balaban J connectivity index is 1.87. The van der Waals surface area contributed by atoms with Crippen LogP contribution in [-0.4, -0.2) is 18.7 Å². The van der Waals surface area contributed by atoms with Gasteiger partial charge in [-0.2, -0.15) is 5.10 Å². The molecule has 26 heavy (non-hydrogen) atoms. The van der Waals surface area contributed by atoms with Crippen molar-refractivity contribution >= 4 is 17.2 Å². The van der Waals surface area contributed by atoms with Gasteiger partial charge in [-0.15, -0.1) is 0 Å². The Hall–Kier alpha value is -3.40. The molecule has 4 heteroatoms. The summed E-state index contributed by atoms with van der Waals surface area (Å²) in [5, 5.41) is 4.67. The number of benzene rings is 3. The van der Waals surface area contributed by atoms with Crippen molar-refractivity contribution in [2.75, 3.05) is 7.11 Å². The summed E-state index contributed by atoms with van der Waals surface area (Å²) in [7, 11) is 1.66. The number of hydrogen-bond donors (Lipinski definition) is 1. The molecular weight excluding hydrogens is 322 g/mol. The summed E-state index contributed by atoms with van der Waals surface area (Å²) in [6.07, 6.45) is 0. The molecule has 3 aromatic rings. The maximum atomic E-state index is 5.41. The van der Waals surface area contributed by atoms with Gasteiger partial charge in [-0.1, -0.05) is 60.2 Å². The molecule has 0 saturated heterocycles. The van der Waals surface area contributed by atoms with Crippen LogP contribution >= 0.6 is 0 Å². The third kappa shape index (κ3) is 3.09. The Morgan fingerprint density at radius 3 is 2.35 bits per heavy atom. The van der Waals surface area contributed by atoms with Gasteiger partial charge in [0.1, 0.15) is 11.5 Å². The molecule has 3 aromatic carbocycles. The lowest BCUT2D eigenvalue weighted by Crippen LogP contribution is -2.19. The van der Waals surface area contributed by atoms with Gasteiger partial charge < -0.3 is 4.74 Å². The van der Waals surface area contributed by atoms with E-state index in [1.54, 1.807) is 7.11 Å². The summed E-state index contributed by atoms with van der Waals surface area (Å²) < 4.78 is 5.41.